The van der Waals surface area contributed by atoms with Gasteiger partial charge in [-0.25, -0.2) is 4.98 Å². The maximum absolute atomic E-state index is 12.8. The van der Waals surface area contributed by atoms with Gasteiger partial charge in [-0.05, 0) is 18.1 Å². The quantitative estimate of drug-likeness (QED) is 0.535. The van der Waals surface area contributed by atoms with Crippen molar-refractivity contribution in [1.29, 1.82) is 0 Å². The summed E-state index contributed by atoms with van der Waals surface area (Å²) in [6, 6.07) is 17.9. The van der Waals surface area contributed by atoms with Crippen molar-refractivity contribution < 1.29 is 4.79 Å². The fraction of sp³-hybridized carbons (Fsp3) is 0.190. The second kappa shape index (κ2) is 7.40. The van der Waals surface area contributed by atoms with Crippen LogP contribution in [0.5, 0.6) is 0 Å². The largest absolute Gasteiger partial charge is 0.310 e. The maximum atomic E-state index is 12.8. The summed E-state index contributed by atoms with van der Waals surface area (Å²) in [5.41, 5.74) is 3.64. The molecule has 1 aliphatic heterocycles. The third-order valence-corrected chi connectivity index (χ3v) is 5.57. The van der Waals surface area contributed by atoms with E-state index in [2.05, 4.69) is 39.6 Å². The summed E-state index contributed by atoms with van der Waals surface area (Å²) in [5, 5.41) is 3.27. The van der Waals surface area contributed by atoms with E-state index >= 15 is 0 Å². The highest BCUT2D eigenvalue weighted by Gasteiger charge is 2.30. The first-order chi connectivity index (χ1) is 13.1. The van der Waals surface area contributed by atoms with Gasteiger partial charge in [0, 0.05) is 18.1 Å². The van der Waals surface area contributed by atoms with Crippen molar-refractivity contribution >= 4 is 23.5 Å². The molecule has 0 spiro atoms. The smallest absolute Gasteiger partial charge is 0.257 e. The molecule has 1 aliphatic rings. The second-order valence-electron chi connectivity index (χ2n) is 6.62. The molecule has 0 saturated carbocycles. The number of aryl methyl sites for hydroxylation is 1. The lowest BCUT2D eigenvalue weighted by atomic mass is 9.87. The molecule has 1 amide bonds. The van der Waals surface area contributed by atoms with Gasteiger partial charge in [0.05, 0.1) is 5.56 Å². The maximum Gasteiger partial charge on any atom is 0.257 e. The van der Waals surface area contributed by atoms with Gasteiger partial charge in [0.1, 0.15) is 5.82 Å². The summed E-state index contributed by atoms with van der Waals surface area (Å²) < 4.78 is 0. The average Bonchev–Trinajstić information content (AvgIpc) is 2.67. The standard InChI is InChI=1S/C21H19N3O2S/c1-13-7-9-14(10-8-13)12-27-21-23-19-18(20(26)24-21)16(11-17(25)22-19)15-5-3-2-4-6-15/h2-10,16H,11-12H2,1H3,(H2,22,23,24,25,26). The summed E-state index contributed by atoms with van der Waals surface area (Å²) in [6.07, 6.45) is 0.248. The first kappa shape index (κ1) is 17.5. The molecule has 0 saturated heterocycles. The van der Waals surface area contributed by atoms with Crippen molar-refractivity contribution in [2.45, 2.75) is 30.2 Å². The number of amides is 1. The molecule has 1 unspecified atom stereocenters. The van der Waals surface area contributed by atoms with Gasteiger partial charge in [0.25, 0.3) is 5.56 Å². The Morgan fingerprint density at radius 1 is 1.07 bits per heavy atom. The summed E-state index contributed by atoms with van der Waals surface area (Å²) in [7, 11) is 0. The van der Waals surface area contributed by atoms with E-state index in [4.69, 9.17) is 0 Å². The predicted octanol–water partition coefficient (Wildman–Crippen LogP) is 3.84. The van der Waals surface area contributed by atoms with Gasteiger partial charge >= 0.3 is 0 Å². The number of aromatic nitrogens is 2. The zero-order valence-electron chi connectivity index (χ0n) is 14.9. The van der Waals surface area contributed by atoms with Crippen LogP contribution >= 0.6 is 11.8 Å². The molecular weight excluding hydrogens is 358 g/mol. The van der Waals surface area contributed by atoms with Crippen LogP contribution in [0.15, 0.2) is 64.5 Å². The SMILES string of the molecule is Cc1ccc(CSc2nc3c(c(=O)[nH]2)C(c2ccccc2)CC(=O)N3)cc1. The zero-order chi connectivity index (χ0) is 18.8. The van der Waals surface area contributed by atoms with E-state index in [-0.39, 0.29) is 23.8 Å². The molecular formula is C21H19N3O2S. The molecule has 2 aromatic carbocycles. The number of benzene rings is 2. The Kier molecular flexibility index (Phi) is 4.81. The first-order valence-corrected chi connectivity index (χ1v) is 9.76. The Morgan fingerprint density at radius 3 is 2.56 bits per heavy atom. The van der Waals surface area contributed by atoms with Crippen LogP contribution < -0.4 is 10.9 Å². The van der Waals surface area contributed by atoms with Gasteiger partial charge in [0.2, 0.25) is 5.91 Å². The lowest BCUT2D eigenvalue weighted by Gasteiger charge is -2.24. The molecule has 2 N–H and O–H groups in total. The highest BCUT2D eigenvalue weighted by Crippen LogP contribution is 2.34. The number of carbonyl (C=O) groups is 1. The summed E-state index contributed by atoms with van der Waals surface area (Å²) in [5.74, 6) is 0.666. The van der Waals surface area contributed by atoms with Crippen LogP contribution in [0, 0.1) is 6.92 Å². The Morgan fingerprint density at radius 2 is 1.81 bits per heavy atom. The molecule has 136 valence electrons. The Bertz CT molecular complexity index is 1030. The molecule has 0 radical (unpaired) electrons. The molecule has 5 nitrogen and oxygen atoms in total. The summed E-state index contributed by atoms with van der Waals surface area (Å²) in [4.78, 5) is 32.3. The highest BCUT2D eigenvalue weighted by atomic mass is 32.2. The van der Waals surface area contributed by atoms with Crippen LogP contribution in [-0.4, -0.2) is 15.9 Å². The Labute approximate surface area is 161 Å². The fourth-order valence-electron chi connectivity index (χ4n) is 3.23. The molecule has 0 fully saturated rings. The van der Waals surface area contributed by atoms with Gasteiger partial charge < -0.3 is 10.3 Å². The minimum atomic E-state index is -0.276. The molecule has 3 aromatic rings. The lowest BCUT2D eigenvalue weighted by Crippen LogP contribution is -2.31. The van der Waals surface area contributed by atoms with Crippen LogP contribution in [0.4, 0.5) is 5.82 Å². The fourth-order valence-corrected chi connectivity index (χ4v) is 4.04. The number of rotatable bonds is 4. The Balaban J connectivity index is 1.64. The van der Waals surface area contributed by atoms with Gasteiger partial charge in [-0.2, -0.15) is 0 Å². The molecule has 2 heterocycles. The van der Waals surface area contributed by atoms with Crippen molar-refractivity contribution in [3.63, 3.8) is 0 Å². The van der Waals surface area contributed by atoms with Crippen molar-refractivity contribution in [1.82, 2.24) is 9.97 Å². The van der Waals surface area contributed by atoms with Crippen molar-refractivity contribution in [3.8, 4) is 0 Å². The highest BCUT2D eigenvalue weighted by molar-refractivity contribution is 7.98. The summed E-state index contributed by atoms with van der Waals surface area (Å²) >= 11 is 1.45. The average molecular weight is 377 g/mol. The summed E-state index contributed by atoms with van der Waals surface area (Å²) in [6.45, 7) is 2.05. The normalized spacial score (nSPS) is 15.9. The van der Waals surface area contributed by atoms with Crippen LogP contribution in [0.2, 0.25) is 0 Å². The molecule has 1 aromatic heterocycles. The van der Waals surface area contributed by atoms with Crippen LogP contribution in [-0.2, 0) is 10.5 Å². The molecule has 6 heteroatoms. The van der Waals surface area contributed by atoms with Crippen molar-refractivity contribution in [2.24, 2.45) is 0 Å². The van der Waals surface area contributed by atoms with Crippen LogP contribution in [0.1, 0.15) is 34.6 Å². The number of nitrogens with zero attached hydrogens (tertiary/aromatic N) is 1. The van der Waals surface area contributed by atoms with E-state index < -0.39 is 0 Å². The number of thioether (sulfide) groups is 1. The number of fused-ring (bicyclic) bond motifs is 1. The van der Waals surface area contributed by atoms with E-state index in [0.717, 1.165) is 11.1 Å². The number of nitrogens with one attached hydrogen (secondary N) is 2. The monoisotopic (exact) mass is 377 g/mol. The molecule has 0 bridgehead atoms. The third kappa shape index (κ3) is 3.80. The number of anilines is 1. The van der Waals surface area contributed by atoms with Gasteiger partial charge in [-0.1, -0.05) is 71.9 Å². The topological polar surface area (TPSA) is 74.8 Å². The van der Waals surface area contributed by atoms with Crippen LogP contribution in [0.3, 0.4) is 0 Å². The van der Waals surface area contributed by atoms with Crippen molar-refractivity contribution in [3.05, 3.63) is 87.2 Å². The number of aromatic amines is 1. The molecule has 1 atom stereocenters. The number of hydrogen-bond acceptors (Lipinski definition) is 4. The lowest BCUT2D eigenvalue weighted by molar-refractivity contribution is -0.116. The van der Waals surface area contributed by atoms with E-state index in [1.165, 1.54) is 17.3 Å². The van der Waals surface area contributed by atoms with E-state index in [1.807, 2.05) is 37.3 Å². The van der Waals surface area contributed by atoms with E-state index in [9.17, 15) is 9.59 Å². The Hall–Kier alpha value is -2.86. The minimum Gasteiger partial charge on any atom is -0.310 e. The predicted molar refractivity (Wildman–Crippen MR) is 107 cm³/mol. The second-order valence-corrected chi connectivity index (χ2v) is 7.59. The molecule has 0 aliphatic carbocycles. The zero-order valence-corrected chi connectivity index (χ0v) is 15.7. The minimum absolute atomic E-state index is 0.121. The van der Waals surface area contributed by atoms with E-state index in [0.29, 0.717) is 22.3 Å². The van der Waals surface area contributed by atoms with E-state index in [1.54, 1.807) is 0 Å². The van der Waals surface area contributed by atoms with Gasteiger partial charge in [-0.3, -0.25) is 9.59 Å². The third-order valence-electron chi connectivity index (χ3n) is 4.63. The number of H-pyrrole nitrogens is 1. The molecule has 27 heavy (non-hydrogen) atoms. The van der Waals surface area contributed by atoms with Crippen molar-refractivity contribution in [2.75, 3.05) is 5.32 Å². The molecule has 4 rings (SSSR count). The number of carbonyl (C=O) groups excluding carboxylic acids is 1. The number of hydrogen-bond donors (Lipinski definition) is 2. The van der Waals surface area contributed by atoms with Crippen LogP contribution in [0.25, 0.3) is 0 Å². The van der Waals surface area contributed by atoms with Gasteiger partial charge in [0.15, 0.2) is 5.16 Å². The van der Waals surface area contributed by atoms with Gasteiger partial charge in [-0.15, -0.1) is 0 Å². The first-order valence-electron chi connectivity index (χ1n) is 8.77.